The van der Waals surface area contributed by atoms with Crippen LogP contribution in [-0.4, -0.2) is 5.88 Å². The predicted octanol–water partition coefficient (Wildman–Crippen LogP) is 2.34. The fraction of sp³-hybridized carbons (Fsp3) is 0.273. The van der Waals surface area contributed by atoms with Crippen LogP contribution in [0.25, 0.3) is 0 Å². The number of hydrogen-bond donors (Lipinski definition) is 3. The molecule has 0 atom stereocenters. The minimum absolute atomic E-state index is 0.584. The molecule has 3 N–H and O–H groups in total. The van der Waals surface area contributed by atoms with E-state index in [0.29, 0.717) is 5.88 Å². The average molecular weight is 210 g/mol. The molecular formula is C11H18N2S. The third-order valence-electron chi connectivity index (χ3n) is 1.67. The molecule has 0 saturated carbocycles. The van der Waals surface area contributed by atoms with Gasteiger partial charge in [-0.3, -0.25) is 0 Å². The molecule has 78 valence electrons. The van der Waals surface area contributed by atoms with Gasteiger partial charge in [-0.1, -0.05) is 12.2 Å². The van der Waals surface area contributed by atoms with Crippen molar-refractivity contribution in [2.75, 3.05) is 5.88 Å². The zero-order chi connectivity index (χ0) is 11.0. The molecule has 0 aromatic carbocycles. The van der Waals surface area contributed by atoms with Crippen LogP contribution in [0.15, 0.2) is 47.9 Å². The van der Waals surface area contributed by atoms with Crippen LogP contribution in [0.3, 0.4) is 0 Å². The van der Waals surface area contributed by atoms with Gasteiger partial charge in [0.15, 0.2) is 0 Å². The Morgan fingerprint density at radius 2 is 2.14 bits per heavy atom. The fourth-order valence-electron chi connectivity index (χ4n) is 0.904. The maximum absolute atomic E-state index is 5.35. The second-order valence-corrected chi connectivity index (χ2v) is 3.27. The van der Waals surface area contributed by atoms with Gasteiger partial charge in [0.2, 0.25) is 0 Å². The van der Waals surface area contributed by atoms with Gasteiger partial charge in [0, 0.05) is 5.70 Å². The van der Waals surface area contributed by atoms with Crippen LogP contribution >= 0.6 is 12.6 Å². The molecule has 0 aromatic heterocycles. The summed E-state index contributed by atoms with van der Waals surface area (Å²) in [4.78, 5) is 0. The summed E-state index contributed by atoms with van der Waals surface area (Å²) in [5, 5.41) is 3.07. The zero-order valence-corrected chi connectivity index (χ0v) is 9.64. The minimum atomic E-state index is 0.584. The first-order valence-electron chi connectivity index (χ1n) is 4.40. The van der Waals surface area contributed by atoms with E-state index in [9.17, 15) is 0 Å². The first-order valence-corrected chi connectivity index (χ1v) is 5.03. The van der Waals surface area contributed by atoms with E-state index in [4.69, 9.17) is 5.73 Å². The Kier molecular flexibility index (Phi) is 6.76. The van der Waals surface area contributed by atoms with E-state index in [1.165, 1.54) is 11.8 Å². The molecule has 0 aliphatic rings. The van der Waals surface area contributed by atoms with Gasteiger partial charge < -0.3 is 11.1 Å². The summed E-state index contributed by atoms with van der Waals surface area (Å²) in [7, 11) is 0. The van der Waals surface area contributed by atoms with Gasteiger partial charge >= 0.3 is 0 Å². The maximum atomic E-state index is 5.35. The molecule has 2 nitrogen and oxygen atoms in total. The molecule has 0 bridgehead atoms. The van der Waals surface area contributed by atoms with Crippen LogP contribution in [0.4, 0.5) is 0 Å². The molecule has 0 rings (SSSR count). The Bertz CT molecular complexity index is 271. The lowest BCUT2D eigenvalue weighted by Crippen LogP contribution is -2.08. The molecule has 0 aliphatic carbocycles. The summed E-state index contributed by atoms with van der Waals surface area (Å²) in [6.07, 6.45) is 7.13. The van der Waals surface area contributed by atoms with Crippen molar-refractivity contribution in [2.45, 2.75) is 13.8 Å². The van der Waals surface area contributed by atoms with Gasteiger partial charge in [-0.2, -0.15) is 12.6 Å². The van der Waals surface area contributed by atoms with Crippen molar-refractivity contribution in [3.05, 3.63) is 47.9 Å². The summed E-state index contributed by atoms with van der Waals surface area (Å²) in [6.45, 7) is 7.78. The highest BCUT2D eigenvalue weighted by molar-refractivity contribution is 7.80. The Morgan fingerprint density at radius 3 is 2.50 bits per heavy atom. The van der Waals surface area contributed by atoms with E-state index in [2.05, 4.69) is 24.5 Å². The molecule has 0 heterocycles. The van der Waals surface area contributed by atoms with Crippen LogP contribution in [0, 0.1) is 0 Å². The van der Waals surface area contributed by atoms with Crippen LogP contribution < -0.4 is 11.1 Å². The molecule has 14 heavy (non-hydrogen) atoms. The summed E-state index contributed by atoms with van der Waals surface area (Å²) < 4.78 is 0. The average Bonchev–Trinajstić information content (AvgIpc) is 2.15. The van der Waals surface area contributed by atoms with Crippen molar-refractivity contribution < 1.29 is 0 Å². The fourth-order valence-corrected chi connectivity index (χ4v) is 1.09. The molecule has 0 fully saturated rings. The van der Waals surface area contributed by atoms with Crippen molar-refractivity contribution in [3.63, 3.8) is 0 Å². The quantitative estimate of drug-likeness (QED) is 0.370. The SMILES string of the molecule is C=C/C(=C\C(/C=C\N)=C(C)C)NCS. The monoisotopic (exact) mass is 210 g/mol. The Morgan fingerprint density at radius 1 is 1.50 bits per heavy atom. The summed E-state index contributed by atoms with van der Waals surface area (Å²) >= 11 is 4.08. The van der Waals surface area contributed by atoms with E-state index < -0.39 is 0 Å². The van der Waals surface area contributed by atoms with Crippen LogP contribution in [0.1, 0.15) is 13.8 Å². The van der Waals surface area contributed by atoms with Crippen molar-refractivity contribution in [1.82, 2.24) is 5.32 Å². The molecule has 0 aliphatic heterocycles. The van der Waals surface area contributed by atoms with Gasteiger partial charge in [0.05, 0.1) is 5.88 Å². The number of rotatable bonds is 5. The third-order valence-corrected chi connectivity index (χ3v) is 1.83. The van der Waals surface area contributed by atoms with Crippen LogP contribution in [0.5, 0.6) is 0 Å². The topological polar surface area (TPSA) is 38.0 Å². The number of hydrogen-bond acceptors (Lipinski definition) is 3. The number of nitrogens with one attached hydrogen (secondary N) is 1. The van der Waals surface area contributed by atoms with E-state index in [1.807, 2.05) is 26.0 Å². The number of thiol groups is 1. The first-order chi connectivity index (χ1) is 6.65. The van der Waals surface area contributed by atoms with Gasteiger partial charge in [-0.05, 0) is 43.8 Å². The molecule has 0 aromatic rings. The zero-order valence-electron chi connectivity index (χ0n) is 8.75. The number of nitrogens with two attached hydrogens (primary N) is 1. The Labute approximate surface area is 91.7 Å². The molecule has 0 unspecified atom stereocenters. The number of allylic oxidation sites excluding steroid dienone is 5. The second kappa shape index (κ2) is 7.33. The second-order valence-electron chi connectivity index (χ2n) is 2.95. The van der Waals surface area contributed by atoms with Gasteiger partial charge in [-0.25, -0.2) is 0 Å². The lowest BCUT2D eigenvalue weighted by atomic mass is 10.1. The van der Waals surface area contributed by atoms with Crippen LogP contribution in [-0.2, 0) is 0 Å². The first kappa shape index (κ1) is 12.9. The normalized spacial score (nSPS) is 11.5. The highest BCUT2D eigenvalue weighted by Gasteiger charge is 1.93. The molecule has 3 heteroatoms. The smallest absolute Gasteiger partial charge is 0.0581 e. The molecule has 0 spiro atoms. The van der Waals surface area contributed by atoms with Crippen molar-refractivity contribution in [3.8, 4) is 0 Å². The van der Waals surface area contributed by atoms with Gasteiger partial charge in [0.25, 0.3) is 0 Å². The maximum Gasteiger partial charge on any atom is 0.0581 e. The largest absolute Gasteiger partial charge is 0.405 e. The van der Waals surface area contributed by atoms with Crippen molar-refractivity contribution in [1.29, 1.82) is 0 Å². The molecule has 0 saturated heterocycles. The van der Waals surface area contributed by atoms with Crippen LogP contribution in [0.2, 0.25) is 0 Å². The van der Waals surface area contributed by atoms with E-state index >= 15 is 0 Å². The molecular weight excluding hydrogens is 192 g/mol. The van der Waals surface area contributed by atoms with Crippen molar-refractivity contribution >= 4 is 12.6 Å². The predicted molar refractivity (Wildman–Crippen MR) is 67.0 cm³/mol. The summed E-state index contributed by atoms with van der Waals surface area (Å²) in [6, 6.07) is 0. The standard InChI is InChI=1S/C11H18N2S/c1-4-11(13-8-14)7-10(5-6-12)9(2)3/h4-7,13-14H,1,8,12H2,2-3H3/b6-5-,11-7+. The highest BCUT2D eigenvalue weighted by Crippen LogP contribution is 2.09. The lowest BCUT2D eigenvalue weighted by molar-refractivity contribution is 1.000. The van der Waals surface area contributed by atoms with Gasteiger partial charge in [-0.15, -0.1) is 0 Å². The van der Waals surface area contributed by atoms with E-state index in [-0.39, 0.29) is 0 Å². The van der Waals surface area contributed by atoms with Crippen molar-refractivity contribution in [2.24, 2.45) is 5.73 Å². The molecule has 0 amide bonds. The Hall–Kier alpha value is -1.09. The highest BCUT2D eigenvalue weighted by atomic mass is 32.1. The van der Waals surface area contributed by atoms with E-state index in [1.54, 1.807) is 6.08 Å². The summed E-state index contributed by atoms with van der Waals surface area (Å²) in [5.74, 6) is 0.584. The summed E-state index contributed by atoms with van der Waals surface area (Å²) in [5.41, 5.74) is 8.57. The van der Waals surface area contributed by atoms with Gasteiger partial charge in [0.1, 0.15) is 0 Å². The Balaban J connectivity index is 4.87. The minimum Gasteiger partial charge on any atom is -0.405 e. The molecule has 0 radical (unpaired) electrons. The lowest BCUT2D eigenvalue weighted by Gasteiger charge is -2.05. The van der Waals surface area contributed by atoms with E-state index in [0.717, 1.165) is 11.3 Å². The third kappa shape index (κ3) is 4.82.